The van der Waals surface area contributed by atoms with Gasteiger partial charge in [0.2, 0.25) is 0 Å². The molecule has 0 unspecified atom stereocenters. The van der Waals surface area contributed by atoms with Gasteiger partial charge in [0.15, 0.2) is 0 Å². The largest absolute Gasteiger partial charge is 0.472 e. The van der Waals surface area contributed by atoms with Gasteiger partial charge in [-0.15, -0.1) is 0 Å². The van der Waals surface area contributed by atoms with Gasteiger partial charge in [0, 0.05) is 13.2 Å². The summed E-state index contributed by atoms with van der Waals surface area (Å²) < 4.78 is 64.3. The summed E-state index contributed by atoms with van der Waals surface area (Å²) in [4.78, 5) is 9.63. The minimum absolute atomic E-state index is 0.0729. The molecule has 12 nitrogen and oxygen atoms in total. The van der Waals surface area contributed by atoms with Crippen LogP contribution in [-0.4, -0.2) is 124 Å². The third-order valence-electron chi connectivity index (χ3n) is 4.48. The minimum Gasteiger partial charge on any atom is -0.379 e. The first-order valence-electron chi connectivity index (χ1n) is 13.4. The lowest BCUT2D eigenvalue weighted by Crippen LogP contribution is -2.14. The molecule has 0 heterocycles. The highest BCUT2D eigenvalue weighted by atomic mass is 31.2. The van der Waals surface area contributed by atoms with Gasteiger partial charge in [0.1, 0.15) is 0 Å². The van der Waals surface area contributed by atoms with Crippen molar-refractivity contribution >= 4 is 7.82 Å². The van der Waals surface area contributed by atoms with Gasteiger partial charge >= 0.3 is 7.82 Å². The summed E-state index contributed by atoms with van der Waals surface area (Å²) in [5.41, 5.74) is 0. The molecule has 0 amide bonds. The smallest absolute Gasteiger partial charge is 0.379 e. The van der Waals surface area contributed by atoms with Crippen LogP contribution in [0.4, 0.5) is 0 Å². The zero-order valence-corrected chi connectivity index (χ0v) is 23.8. The summed E-state index contributed by atoms with van der Waals surface area (Å²) in [5, 5.41) is 0. The van der Waals surface area contributed by atoms with Gasteiger partial charge in [-0.25, -0.2) is 4.57 Å². The van der Waals surface area contributed by atoms with Crippen LogP contribution < -0.4 is 0 Å². The van der Waals surface area contributed by atoms with Crippen molar-refractivity contribution in [3.05, 3.63) is 0 Å². The van der Waals surface area contributed by atoms with Crippen molar-refractivity contribution in [2.75, 3.05) is 119 Å². The van der Waals surface area contributed by atoms with Gasteiger partial charge in [0.25, 0.3) is 0 Å². The van der Waals surface area contributed by atoms with E-state index in [0.717, 1.165) is 38.9 Å². The lowest BCUT2D eigenvalue weighted by atomic mass is 10.4. The first kappa shape index (κ1) is 36.8. The molecule has 13 heteroatoms. The number of hydrogen-bond donors (Lipinski definition) is 1. The van der Waals surface area contributed by atoms with E-state index >= 15 is 0 Å². The van der Waals surface area contributed by atoms with Crippen LogP contribution in [0.15, 0.2) is 0 Å². The maximum absolute atomic E-state index is 11.8. The van der Waals surface area contributed by atoms with E-state index in [1.807, 2.05) is 0 Å². The molecule has 0 atom stereocenters. The molecule has 0 aromatic rings. The van der Waals surface area contributed by atoms with Gasteiger partial charge in [0.05, 0.1) is 106 Å². The Morgan fingerprint density at radius 1 is 0.405 bits per heavy atom. The molecule has 0 aromatic heterocycles. The Hall–Kier alpha value is -0.210. The first-order chi connectivity index (χ1) is 18.1. The monoisotopic (exact) mass is 562 g/mol. The summed E-state index contributed by atoms with van der Waals surface area (Å²) in [6, 6.07) is 0. The summed E-state index contributed by atoms with van der Waals surface area (Å²) in [7, 11) is -4.14. The van der Waals surface area contributed by atoms with Crippen molar-refractivity contribution < 1.29 is 56.4 Å². The van der Waals surface area contributed by atoms with Gasteiger partial charge in [-0.3, -0.25) is 9.05 Å². The lowest BCUT2D eigenvalue weighted by Gasteiger charge is -2.12. The number of ether oxygens (including phenoxy) is 8. The Labute approximate surface area is 223 Å². The van der Waals surface area contributed by atoms with E-state index in [2.05, 4.69) is 13.8 Å². The number of unbranched alkanes of at least 4 members (excludes halogenated alkanes) is 2. The molecule has 0 aliphatic heterocycles. The van der Waals surface area contributed by atoms with E-state index in [9.17, 15) is 9.46 Å². The average molecular weight is 563 g/mol. The fourth-order valence-electron chi connectivity index (χ4n) is 2.48. The number of phosphoric ester groups is 1. The molecule has 0 rings (SSSR count). The normalized spacial score (nSPS) is 12.0. The Balaban J connectivity index is 3.28. The zero-order chi connectivity index (χ0) is 27.1. The Morgan fingerprint density at radius 2 is 0.622 bits per heavy atom. The predicted molar refractivity (Wildman–Crippen MR) is 138 cm³/mol. The molecule has 0 aliphatic carbocycles. The zero-order valence-electron chi connectivity index (χ0n) is 22.9. The molecule has 0 saturated heterocycles. The summed E-state index contributed by atoms with van der Waals surface area (Å²) in [5.74, 6) is 0. The highest BCUT2D eigenvalue weighted by Crippen LogP contribution is 2.42. The van der Waals surface area contributed by atoms with E-state index in [0.29, 0.717) is 79.3 Å². The van der Waals surface area contributed by atoms with Crippen LogP contribution in [0.3, 0.4) is 0 Å². The topological polar surface area (TPSA) is 130 Å². The second kappa shape index (κ2) is 30.3. The van der Waals surface area contributed by atoms with E-state index in [-0.39, 0.29) is 26.4 Å². The van der Waals surface area contributed by atoms with E-state index < -0.39 is 7.82 Å². The summed E-state index contributed by atoms with van der Waals surface area (Å²) in [6.45, 7) is 11.6. The van der Waals surface area contributed by atoms with Crippen molar-refractivity contribution in [3.63, 3.8) is 0 Å². The molecule has 37 heavy (non-hydrogen) atoms. The van der Waals surface area contributed by atoms with Gasteiger partial charge in [-0.1, -0.05) is 26.7 Å². The molecular formula is C24H51O12P. The Bertz CT molecular complexity index is 449. The third kappa shape index (κ3) is 31.9. The highest BCUT2D eigenvalue weighted by Gasteiger charge is 2.20. The molecule has 0 aliphatic rings. The van der Waals surface area contributed by atoms with Crippen molar-refractivity contribution in [1.82, 2.24) is 0 Å². The number of phosphoric acid groups is 1. The fraction of sp³-hybridized carbons (Fsp3) is 1.00. The second-order valence-electron chi connectivity index (χ2n) is 7.74. The third-order valence-corrected chi connectivity index (χ3v) is 5.50. The van der Waals surface area contributed by atoms with Gasteiger partial charge < -0.3 is 42.8 Å². The number of hydrogen-bond acceptors (Lipinski definition) is 11. The molecule has 0 spiro atoms. The summed E-state index contributed by atoms with van der Waals surface area (Å²) >= 11 is 0. The molecule has 0 saturated carbocycles. The molecular weight excluding hydrogens is 511 g/mol. The van der Waals surface area contributed by atoms with Crippen LogP contribution >= 0.6 is 7.82 Å². The van der Waals surface area contributed by atoms with Crippen molar-refractivity contribution in [3.8, 4) is 0 Å². The van der Waals surface area contributed by atoms with E-state index in [4.69, 9.17) is 46.9 Å². The molecule has 0 fully saturated rings. The Kier molecular flexibility index (Phi) is 30.2. The molecule has 0 aromatic carbocycles. The SMILES string of the molecule is CCCCOCCOCCOCCOCCOP(=O)(O)OCCOCCOCCOCCOCCCC. The maximum Gasteiger partial charge on any atom is 0.472 e. The van der Waals surface area contributed by atoms with Crippen LogP contribution in [0.2, 0.25) is 0 Å². The van der Waals surface area contributed by atoms with Crippen molar-refractivity contribution in [2.24, 2.45) is 0 Å². The quantitative estimate of drug-likeness (QED) is 0.0956. The van der Waals surface area contributed by atoms with E-state index in [1.54, 1.807) is 0 Å². The molecule has 0 radical (unpaired) electrons. The van der Waals surface area contributed by atoms with Crippen LogP contribution in [0.5, 0.6) is 0 Å². The van der Waals surface area contributed by atoms with Gasteiger partial charge in [-0.05, 0) is 12.8 Å². The average Bonchev–Trinajstić information content (AvgIpc) is 2.88. The highest BCUT2D eigenvalue weighted by molar-refractivity contribution is 7.47. The fourth-order valence-corrected chi connectivity index (χ4v) is 3.16. The van der Waals surface area contributed by atoms with Crippen LogP contribution in [0.25, 0.3) is 0 Å². The predicted octanol–water partition coefficient (Wildman–Crippen LogP) is 2.85. The van der Waals surface area contributed by atoms with E-state index in [1.165, 1.54) is 0 Å². The molecule has 1 N–H and O–H groups in total. The lowest BCUT2D eigenvalue weighted by molar-refractivity contribution is -0.00919. The summed E-state index contributed by atoms with van der Waals surface area (Å²) in [6.07, 6.45) is 4.37. The second-order valence-corrected chi connectivity index (χ2v) is 9.19. The standard InChI is InChI=1S/C24H51O12P/c1-3-5-7-27-9-11-29-13-15-31-17-19-33-21-23-35-37(25,26)36-24-22-34-20-18-32-16-14-30-12-10-28-8-6-4-2/h3-24H2,1-2H3,(H,25,26). The van der Waals surface area contributed by atoms with Crippen LogP contribution in [-0.2, 0) is 51.5 Å². The maximum atomic E-state index is 11.8. The van der Waals surface area contributed by atoms with Crippen LogP contribution in [0, 0.1) is 0 Å². The van der Waals surface area contributed by atoms with Crippen LogP contribution in [0.1, 0.15) is 39.5 Å². The molecule has 224 valence electrons. The van der Waals surface area contributed by atoms with Crippen molar-refractivity contribution in [1.29, 1.82) is 0 Å². The number of rotatable bonds is 32. The van der Waals surface area contributed by atoms with Crippen molar-refractivity contribution in [2.45, 2.75) is 39.5 Å². The first-order valence-corrected chi connectivity index (χ1v) is 14.9. The minimum atomic E-state index is -4.14. The molecule has 0 bridgehead atoms. The Morgan fingerprint density at radius 3 is 0.865 bits per heavy atom. The van der Waals surface area contributed by atoms with Gasteiger partial charge in [-0.2, -0.15) is 0 Å².